The maximum absolute atomic E-state index is 6.14. The van der Waals surface area contributed by atoms with Crippen LogP contribution in [0.15, 0.2) is 36.4 Å². The standard InChI is InChI=1S/C18H22N4/c1-3-7-13-11-14(19)12-18(15(13)8-4-2)22-17-10-6-5-9-16(17)20-21-22/h5-6,9-12H,3-4,7-8,19H2,1-2H3. The fraction of sp³-hybridized carbons (Fsp3) is 0.333. The first-order valence-electron chi connectivity index (χ1n) is 7.96. The Bertz CT molecular complexity index is 789. The van der Waals surface area contributed by atoms with Gasteiger partial charge in [-0.25, -0.2) is 4.68 Å². The van der Waals surface area contributed by atoms with Crippen molar-refractivity contribution in [1.82, 2.24) is 15.0 Å². The molecule has 114 valence electrons. The molecule has 2 N–H and O–H groups in total. The van der Waals surface area contributed by atoms with Crippen LogP contribution in [0.2, 0.25) is 0 Å². The molecular weight excluding hydrogens is 272 g/mol. The average Bonchev–Trinajstić information content (AvgIpc) is 2.94. The number of hydrogen-bond acceptors (Lipinski definition) is 3. The van der Waals surface area contributed by atoms with Crippen molar-refractivity contribution in [2.45, 2.75) is 39.5 Å². The monoisotopic (exact) mass is 294 g/mol. The zero-order chi connectivity index (χ0) is 15.5. The Morgan fingerprint density at radius 1 is 1.05 bits per heavy atom. The van der Waals surface area contributed by atoms with E-state index in [-0.39, 0.29) is 0 Å². The molecule has 1 aromatic heterocycles. The second kappa shape index (κ2) is 6.18. The van der Waals surface area contributed by atoms with Gasteiger partial charge in [0, 0.05) is 5.69 Å². The number of nitrogen functional groups attached to an aromatic ring is 1. The highest BCUT2D eigenvalue weighted by molar-refractivity contribution is 5.77. The molecule has 4 nitrogen and oxygen atoms in total. The lowest BCUT2D eigenvalue weighted by molar-refractivity contribution is 0.790. The Balaban J connectivity index is 2.24. The van der Waals surface area contributed by atoms with E-state index >= 15 is 0 Å². The highest BCUT2D eigenvalue weighted by atomic mass is 15.4. The molecule has 0 saturated carbocycles. The maximum Gasteiger partial charge on any atom is 0.113 e. The van der Waals surface area contributed by atoms with E-state index in [1.807, 2.05) is 35.0 Å². The lowest BCUT2D eigenvalue weighted by atomic mass is 9.96. The Kier molecular flexibility index (Phi) is 4.09. The van der Waals surface area contributed by atoms with Gasteiger partial charge >= 0.3 is 0 Å². The van der Waals surface area contributed by atoms with E-state index in [0.29, 0.717) is 0 Å². The predicted molar refractivity (Wildman–Crippen MR) is 91.3 cm³/mol. The molecule has 0 unspecified atom stereocenters. The fourth-order valence-corrected chi connectivity index (χ4v) is 3.01. The van der Waals surface area contributed by atoms with Crippen molar-refractivity contribution in [3.63, 3.8) is 0 Å². The molecule has 0 bridgehead atoms. The highest BCUT2D eigenvalue weighted by Crippen LogP contribution is 2.27. The topological polar surface area (TPSA) is 56.7 Å². The van der Waals surface area contributed by atoms with E-state index in [1.165, 1.54) is 11.1 Å². The molecule has 2 aromatic carbocycles. The van der Waals surface area contributed by atoms with Crippen LogP contribution in [0.5, 0.6) is 0 Å². The molecule has 0 atom stereocenters. The van der Waals surface area contributed by atoms with Crippen molar-refractivity contribution < 1.29 is 0 Å². The van der Waals surface area contributed by atoms with Crippen molar-refractivity contribution in [3.05, 3.63) is 47.5 Å². The summed E-state index contributed by atoms with van der Waals surface area (Å²) in [5.41, 5.74) is 12.6. The summed E-state index contributed by atoms with van der Waals surface area (Å²) in [6.07, 6.45) is 4.27. The number of hydrogen-bond donors (Lipinski definition) is 1. The summed E-state index contributed by atoms with van der Waals surface area (Å²) in [5, 5.41) is 8.64. The first kappa shape index (κ1) is 14.6. The summed E-state index contributed by atoms with van der Waals surface area (Å²) in [7, 11) is 0. The Hall–Kier alpha value is -2.36. The molecule has 3 aromatic rings. The number of nitrogens with two attached hydrogens (primary N) is 1. The van der Waals surface area contributed by atoms with Gasteiger partial charge in [0.25, 0.3) is 0 Å². The van der Waals surface area contributed by atoms with Gasteiger partial charge in [0.1, 0.15) is 5.52 Å². The minimum absolute atomic E-state index is 0.790. The first-order chi connectivity index (χ1) is 10.7. The van der Waals surface area contributed by atoms with Crippen LogP contribution in [0.4, 0.5) is 5.69 Å². The van der Waals surface area contributed by atoms with Gasteiger partial charge in [-0.2, -0.15) is 0 Å². The first-order valence-corrected chi connectivity index (χ1v) is 7.96. The zero-order valence-electron chi connectivity index (χ0n) is 13.2. The van der Waals surface area contributed by atoms with Gasteiger partial charge in [0.2, 0.25) is 0 Å². The van der Waals surface area contributed by atoms with Crippen LogP contribution in [0, 0.1) is 0 Å². The number of rotatable bonds is 5. The number of benzene rings is 2. The van der Waals surface area contributed by atoms with Gasteiger partial charge in [0.05, 0.1) is 11.2 Å². The summed E-state index contributed by atoms with van der Waals surface area (Å²) < 4.78 is 1.93. The van der Waals surface area contributed by atoms with Gasteiger partial charge in [-0.05, 0) is 48.2 Å². The van der Waals surface area contributed by atoms with Gasteiger partial charge < -0.3 is 5.73 Å². The van der Waals surface area contributed by atoms with E-state index in [0.717, 1.165) is 48.1 Å². The van der Waals surface area contributed by atoms with Gasteiger partial charge in [-0.15, -0.1) is 5.10 Å². The number of anilines is 1. The SMILES string of the molecule is CCCc1cc(N)cc(-n2nnc3ccccc32)c1CCC. The van der Waals surface area contributed by atoms with Crippen LogP contribution in [-0.2, 0) is 12.8 Å². The third-order valence-corrected chi connectivity index (χ3v) is 3.94. The molecule has 4 heteroatoms. The number of aryl methyl sites for hydroxylation is 1. The van der Waals surface area contributed by atoms with Gasteiger partial charge in [-0.3, -0.25) is 0 Å². The molecule has 0 saturated heterocycles. The molecule has 0 spiro atoms. The summed E-state index contributed by atoms with van der Waals surface area (Å²) in [6.45, 7) is 4.40. The van der Waals surface area contributed by atoms with Crippen molar-refractivity contribution in [3.8, 4) is 5.69 Å². The maximum atomic E-state index is 6.14. The largest absolute Gasteiger partial charge is 0.399 e. The molecule has 1 heterocycles. The predicted octanol–water partition coefficient (Wildman–Crippen LogP) is 3.91. The van der Waals surface area contributed by atoms with Gasteiger partial charge in [0.15, 0.2) is 0 Å². The normalized spacial score (nSPS) is 11.2. The summed E-state index contributed by atoms with van der Waals surface area (Å²) in [6, 6.07) is 12.2. The molecule has 0 radical (unpaired) electrons. The van der Waals surface area contributed by atoms with Crippen LogP contribution in [-0.4, -0.2) is 15.0 Å². The third kappa shape index (κ3) is 2.56. The average molecular weight is 294 g/mol. The molecule has 3 rings (SSSR count). The number of para-hydroxylation sites is 1. The third-order valence-electron chi connectivity index (χ3n) is 3.94. The van der Waals surface area contributed by atoms with E-state index < -0.39 is 0 Å². The molecular formula is C18H22N4. The molecule has 0 aliphatic rings. The summed E-state index contributed by atoms with van der Waals surface area (Å²) >= 11 is 0. The van der Waals surface area contributed by atoms with E-state index in [9.17, 15) is 0 Å². The van der Waals surface area contributed by atoms with Crippen LogP contribution in [0.1, 0.15) is 37.8 Å². The second-order valence-electron chi connectivity index (χ2n) is 5.67. The molecule has 0 amide bonds. The number of aromatic nitrogens is 3. The van der Waals surface area contributed by atoms with Crippen LogP contribution >= 0.6 is 0 Å². The van der Waals surface area contributed by atoms with E-state index in [4.69, 9.17) is 5.73 Å². The van der Waals surface area contributed by atoms with Crippen molar-refractivity contribution in [1.29, 1.82) is 0 Å². The summed E-state index contributed by atoms with van der Waals surface area (Å²) in [5.74, 6) is 0. The zero-order valence-corrected chi connectivity index (χ0v) is 13.2. The quantitative estimate of drug-likeness (QED) is 0.726. The van der Waals surface area contributed by atoms with E-state index in [1.54, 1.807) is 0 Å². The van der Waals surface area contributed by atoms with Crippen molar-refractivity contribution in [2.75, 3.05) is 5.73 Å². The summed E-state index contributed by atoms with van der Waals surface area (Å²) in [4.78, 5) is 0. The Morgan fingerprint density at radius 3 is 2.59 bits per heavy atom. The Morgan fingerprint density at radius 2 is 1.82 bits per heavy atom. The van der Waals surface area contributed by atoms with E-state index in [2.05, 4.69) is 30.2 Å². The number of fused-ring (bicyclic) bond motifs is 1. The molecule has 0 fully saturated rings. The van der Waals surface area contributed by atoms with Crippen molar-refractivity contribution in [2.24, 2.45) is 0 Å². The molecule has 22 heavy (non-hydrogen) atoms. The lowest BCUT2D eigenvalue weighted by Gasteiger charge is -2.15. The highest BCUT2D eigenvalue weighted by Gasteiger charge is 2.14. The molecule has 0 aliphatic heterocycles. The second-order valence-corrected chi connectivity index (χ2v) is 5.67. The van der Waals surface area contributed by atoms with Crippen molar-refractivity contribution >= 4 is 16.7 Å². The van der Waals surface area contributed by atoms with Crippen LogP contribution in [0.3, 0.4) is 0 Å². The fourth-order valence-electron chi connectivity index (χ4n) is 3.01. The van der Waals surface area contributed by atoms with Gasteiger partial charge in [-0.1, -0.05) is 44.0 Å². The lowest BCUT2D eigenvalue weighted by Crippen LogP contribution is -2.07. The minimum atomic E-state index is 0.790. The Labute approximate surface area is 130 Å². The van der Waals surface area contributed by atoms with Crippen LogP contribution < -0.4 is 5.73 Å². The number of nitrogens with zero attached hydrogens (tertiary/aromatic N) is 3. The molecule has 0 aliphatic carbocycles. The minimum Gasteiger partial charge on any atom is -0.399 e. The smallest absolute Gasteiger partial charge is 0.113 e. The van der Waals surface area contributed by atoms with Crippen LogP contribution in [0.25, 0.3) is 16.7 Å².